The van der Waals surface area contributed by atoms with Gasteiger partial charge in [-0.3, -0.25) is 15.0 Å². The Morgan fingerprint density at radius 3 is 2.25 bits per heavy atom. The second-order valence-electron chi connectivity index (χ2n) is 7.00. The molecule has 32 heavy (non-hydrogen) atoms. The zero-order valence-electron chi connectivity index (χ0n) is 17.8. The van der Waals surface area contributed by atoms with E-state index in [-0.39, 0.29) is 5.56 Å². The van der Waals surface area contributed by atoms with Crippen LogP contribution in [0.5, 0.6) is 5.75 Å². The number of aromatic nitrogens is 1. The lowest BCUT2D eigenvalue weighted by Crippen LogP contribution is -2.22. The van der Waals surface area contributed by atoms with Crippen LogP contribution in [0.25, 0.3) is 0 Å². The zero-order valence-corrected chi connectivity index (χ0v) is 18.5. The Morgan fingerprint density at radius 2 is 1.66 bits per heavy atom. The van der Waals surface area contributed by atoms with Crippen LogP contribution in [0.15, 0.2) is 60.8 Å². The molecule has 0 saturated carbocycles. The van der Waals surface area contributed by atoms with Crippen LogP contribution in [0.1, 0.15) is 26.3 Å². The summed E-state index contributed by atoms with van der Waals surface area (Å²) in [7, 11) is 5.04. The second-order valence-corrected chi connectivity index (χ2v) is 7.44. The number of amides is 2. The fourth-order valence-electron chi connectivity index (χ4n) is 2.81. The smallest absolute Gasteiger partial charge is 0.259 e. The molecule has 0 aliphatic rings. The van der Waals surface area contributed by atoms with E-state index in [1.165, 1.54) is 19.4 Å². The number of hydrogen-bond acceptors (Lipinski definition) is 5. The summed E-state index contributed by atoms with van der Waals surface area (Å²) in [5, 5.41) is 13.9. The third kappa shape index (κ3) is 5.41. The van der Waals surface area contributed by atoms with E-state index in [9.17, 15) is 9.59 Å². The number of ether oxygens (including phenoxy) is 1. The third-order valence-corrected chi connectivity index (χ3v) is 4.78. The van der Waals surface area contributed by atoms with Crippen LogP contribution in [0.4, 0.5) is 11.5 Å². The highest BCUT2D eigenvalue weighted by Crippen LogP contribution is 2.24. The van der Waals surface area contributed by atoms with Crippen molar-refractivity contribution in [1.82, 2.24) is 9.88 Å². The number of methoxy groups -OCH3 is 1. The molecule has 0 unspecified atom stereocenters. The molecule has 3 rings (SSSR count). The van der Waals surface area contributed by atoms with Crippen LogP contribution < -0.4 is 15.4 Å². The van der Waals surface area contributed by atoms with Crippen molar-refractivity contribution in [3.05, 3.63) is 82.5 Å². The minimum absolute atomic E-state index is 0.209. The number of anilines is 2. The van der Waals surface area contributed by atoms with Crippen LogP contribution in [-0.4, -0.2) is 48.7 Å². The van der Waals surface area contributed by atoms with Crippen molar-refractivity contribution in [3.8, 4) is 5.75 Å². The number of rotatable bonds is 6. The summed E-state index contributed by atoms with van der Waals surface area (Å²) in [6.07, 6.45) is 1.42. The Balaban J connectivity index is 1.82. The van der Waals surface area contributed by atoms with Crippen LogP contribution in [0, 0.1) is 5.41 Å². The van der Waals surface area contributed by atoms with Crippen molar-refractivity contribution < 1.29 is 14.3 Å². The van der Waals surface area contributed by atoms with Crippen LogP contribution in [-0.2, 0) is 0 Å². The summed E-state index contributed by atoms with van der Waals surface area (Å²) in [5.41, 5.74) is 1.60. The number of nitrogens with zero attached hydrogens (tertiary/aromatic N) is 2. The first kappa shape index (κ1) is 22.8. The maximum Gasteiger partial charge on any atom is 0.259 e. The number of halogens is 1. The van der Waals surface area contributed by atoms with Crippen molar-refractivity contribution >= 4 is 40.8 Å². The van der Waals surface area contributed by atoms with Gasteiger partial charge in [-0.25, -0.2) is 4.98 Å². The van der Waals surface area contributed by atoms with Gasteiger partial charge in [-0.2, -0.15) is 0 Å². The molecular weight excluding hydrogens is 436 g/mol. The van der Waals surface area contributed by atoms with E-state index in [4.69, 9.17) is 21.7 Å². The quantitative estimate of drug-likeness (QED) is 0.381. The topological polar surface area (TPSA) is 107 Å². The lowest BCUT2D eigenvalue weighted by molar-refractivity contribution is 0.102. The number of carbonyl (C=O) groups excluding carboxylic acids is 2. The molecule has 3 aromatic rings. The summed E-state index contributed by atoms with van der Waals surface area (Å²) >= 11 is 5.83. The van der Waals surface area contributed by atoms with Gasteiger partial charge in [0.15, 0.2) is 0 Å². The molecule has 164 valence electrons. The Kier molecular flexibility index (Phi) is 7.07. The average Bonchev–Trinajstić information content (AvgIpc) is 2.80. The molecule has 0 aliphatic carbocycles. The molecule has 8 nitrogen and oxygen atoms in total. The molecule has 2 aromatic carbocycles. The molecule has 0 atom stereocenters. The first-order valence-electron chi connectivity index (χ1n) is 9.57. The molecular formula is C23H22ClN5O3. The zero-order chi connectivity index (χ0) is 23.3. The van der Waals surface area contributed by atoms with Crippen LogP contribution in [0.3, 0.4) is 0 Å². The van der Waals surface area contributed by atoms with Gasteiger partial charge in [0.25, 0.3) is 11.8 Å². The molecule has 0 radical (unpaired) electrons. The fourth-order valence-corrected chi connectivity index (χ4v) is 2.92. The van der Waals surface area contributed by atoms with Crippen molar-refractivity contribution in [1.29, 1.82) is 5.41 Å². The normalized spacial score (nSPS) is 10.2. The van der Waals surface area contributed by atoms with E-state index in [0.29, 0.717) is 39.2 Å². The highest BCUT2D eigenvalue weighted by Gasteiger charge is 2.17. The van der Waals surface area contributed by atoms with E-state index >= 15 is 0 Å². The van der Waals surface area contributed by atoms with Crippen molar-refractivity contribution in [2.24, 2.45) is 0 Å². The third-order valence-electron chi connectivity index (χ3n) is 4.56. The first-order valence-corrected chi connectivity index (χ1v) is 9.95. The van der Waals surface area contributed by atoms with E-state index in [1.54, 1.807) is 67.5 Å². The van der Waals surface area contributed by atoms with E-state index in [0.717, 1.165) is 0 Å². The summed E-state index contributed by atoms with van der Waals surface area (Å²) < 4.78 is 5.22. The average molecular weight is 458 g/mol. The maximum absolute atomic E-state index is 12.9. The lowest BCUT2D eigenvalue weighted by Gasteiger charge is -2.15. The number of pyridine rings is 1. The Bertz CT molecular complexity index is 1150. The van der Waals surface area contributed by atoms with E-state index < -0.39 is 11.8 Å². The lowest BCUT2D eigenvalue weighted by atomic mass is 10.1. The van der Waals surface area contributed by atoms with E-state index in [1.807, 2.05) is 0 Å². The van der Waals surface area contributed by atoms with Crippen molar-refractivity contribution in [2.45, 2.75) is 0 Å². The minimum Gasteiger partial charge on any atom is -0.497 e. The van der Waals surface area contributed by atoms with Gasteiger partial charge in [0, 0.05) is 31.4 Å². The maximum atomic E-state index is 12.9. The fraction of sp³-hybridized carbons (Fsp3) is 0.130. The van der Waals surface area contributed by atoms with Crippen molar-refractivity contribution in [3.63, 3.8) is 0 Å². The minimum atomic E-state index is -0.469. The van der Waals surface area contributed by atoms with Gasteiger partial charge in [-0.15, -0.1) is 0 Å². The second kappa shape index (κ2) is 9.93. The summed E-state index contributed by atoms with van der Waals surface area (Å²) in [6, 6.07) is 14.6. The van der Waals surface area contributed by atoms with Gasteiger partial charge in [0.1, 0.15) is 17.4 Å². The van der Waals surface area contributed by atoms with Crippen molar-refractivity contribution in [2.75, 3.05) is 31.8 Å². The number of benzene rings is 2. The monoisotopic (exact) mass is 457 g/mol. The molecule has 3 N–H and O–H groups in total. The molecule has 0 bridgehead atoms. The summed E-state index contributed by atoms with van der Waals surface area (Å²) in [4.78, 5) is 31.4. The van der Waals surface area contributed by atoms with Gasteiger partial charge in [-0.1, -0.05) is 23.7 Å². The van der Waals surface area contributed by atoms with Gasteiger partial charge in [0.05, 0.1) is 23.4 Å². The van der Waals surface area contributed by atoms with Gasteiger partial charge in [-0.05, 0) is 42.5 Å². The molecule has 0 aliphatic heterocycles. The number of hydrogen-bond donors (Lipinski definition) is 3. The standard InChI is InChI=1S/C23H22ClN5O3/c1-29(2)21(25)14-4-6-15(7-5-14)22(30)27-19-10-9-17(32-3)12-18(19)23(31)28-20-11-8-16(24)13-26-20/h4-13,25H,1-3H3,(H,27,30)(H,26,28,31)/i4+1,5+1,6+1,7+1,14+1,15+1. The number of carbonyl (C=O) groups is 2. The van der Waals surface area contributed by atoms with Gasteiger partial charge < -0.3 is 20.3 Å². The molecule has 2 amide bonds. The number of amidine groups is 1. The SMILES string of the molecule is COc1ccc(NC(=O)[13c]2[13cH][13cH][13c](C(=N)N(C)C)[13cH][13cH]2)c(C(=O)Nc2ccc(Cl)cn2)c1. The van der Waals surface area contributed by atoms with Gasteiger partial charge in [0.2, 0.25) is 0 Å². The van der Waals surface area contributed by atoms with Gasteiger partial charge >= 0.3 is 0 Å². The first-order chi connectivity index (χ1) is 15.3. The predicted molar refractivity (Wildman–Crippen MR) is 125 cm³/mol. The molecule has 1 aromatic heterocycles. The Hall–Kier alpha value is -3.91. The highest BCUT2D eigenvalue weighted by atomic mass is 35.5. The summed E-state index contributed by atoms with van der Waals surface area (Å²) in [6.45, 7) is 0. The Morgan fingerprint density at radius 1 is 0.969 bits per heavy atom. The highest BCUT2D eigenvalue weighted by molar-refractivity contribution is 6.30. The molecule has 0 fully saturated rings. The van der Waals surface area contributed by atoms with Crippen LogP contribution in [0.2, 0.25) is 5.02 Å². The predicted octanol–water partition coefficient (Wildman–Crippen LogP) is 4.14. The summed E-state index contributed by atoms with van der Waals surface area (Å²) in [5.74, 6) is 0.254. The van der Waals surface area contributed by atoms with E-state index in [2.05, 4.69) is 15.6 Å². The largest absolute Gasteiger partial charge is 0.497 e. The number of nitrogens with one attached hydrogen (secondary N) is 3. The molecule has 0 spiro atoms. The molecule has 1 heterocycles. The molecule has 9 heteroatoms. The molecule has 0 saturated heterocycles. The Labute approximate surface area is 190 Å². The van der Waals surface area contributed by atoms with Crippen LogP contribution >= 0.6 is 11.6 Å².